The van der Waals surface area contributed by atoms with E-state index in [0.717, 1.165) is 5.56 Å². The molecular weight excluding hydrogens is 399 g/mol. The lowest BCUT2D eigenvalue weighted by atomic mass is 10.1. The maximum atomic E-state index is 12.9. The van der Waals surface area contributed by atoms with Crippen molar-refractivity contribution < 1.29 is 14.3 Å². The van der Waals surface area contributed by atoms with Gasteiger partial charge < -0.3 is 14.5 Å². The van der Waals surface area contributed by atoms with Crippen LogP contribution in [0.2, 0.25) is 10.0 Å². The predicted octanol–water partition coefficient (Wildman–Crippen LogP) is 4.55. The van der Waals surface area contributed by atoms with Crippen LogP contribution in [0.1, 0.15) is 25.8 Å². The quantitative estimate of drug-likeness (QED) is 0.688. The molecule has 0 bridgehead atoms. The van der Waals surface area contributed by atoms with E-state index in [2.05, 4.69) is 0 Å². The molecule has 28 heavy (non-hydrogen) atoms. The van der Waals surface area contributed by atoms with E-state index >= 15 is 0 Å². The van der Waals surface area contributed by atoms with Crippen LogP contribution in [0, 0.1) is 0 Å². The fourth-order valence-electron chi connectivity index (χ4n) is 3.14. The minimum absolute atomic E-state index is 0.00892. The first-order valence-electron chi connectivity index (χ1n) is 9.12. The highest BCUT2D eigenvalue weighted by molar-refractivity contribution is 6.42. The van der Waals surface area contributed by atoms with Crippen LogP contribution in [0.5, 0.6) is 5.75 Å². The van der Waals surface area contributed by atoms with E-state index in [-0.39, 0.29) is 30.9 Å². The topological polar surface area (TPSA) is 49.9 Å². The molecule has 3 rings (SSSR count). The van der Waals surface area contributed by atoms with Crippen molar-refractivity contribution in [2.45, 2.75) is 32.9 Å². The molecule has 0 aliphatic carbocycles. The van der Waals surface area contributed by atoms with Gasteiger partial charge in [-0.2, -0.15) is 0 Å². The van der Waals surface area contributed by atoms with Crippen LogP contribution in [-0.4, -0.2) is 35.9 Å². The zero-order chi connectivity index (χ0) is 20.3. The third-order valence-electron chi connectivity index (χ3n) is 4.64. The molecule has 148 valence electrons. The molecule has 2 amide bonds. The van der Waals surface area contributed by atoms with E-state index in [9.17, 15) is 9.59 Å². The summed E-state index contributed by atoms with van der Waals surface area (Å²) in [6, 6.07) is 12.7. The summed E-state index contributed by atoms with van der Waals surface area (Å²) in [5.74, 6) is 0.482. The van der Waals surface area contributed by atoms with Gasteiger partial charge in [-0.1, -0.05) is 41.4 Å². The zero-order valence-electron chi connectivity index (χ0n) is 15.8. The van der Waals surface area contributed by atoms with Crippen molar-refractivity contribution in [1.82, 2.24) is 4.90 Å². The summed E-state index contributed by atoms with van der Waals surface area (Å²) in [4.78, 5) is 28.6. The highest BCUT2D eigenvalue weighted by Crippen LogP contribution is 2.31. The minimum atomic E-state index is -0.146. The van der Waals surface area contributed by atoms with Gasteiger partial charge in [-0.25, -0.2) is 0 Å². The molecule has 0 N–H and O–H groups in total. The van der Waals surface area contributed by atoms with Gasteiger partial charge in [-0.3, -0.25) is 9.59 Å². The fourth-order valence-corrected chi connectivity index (χ4v) is 3.46. The number of ether oxygens (including phenoxy) is 1. The smallest absolute Gasteiger partial charge is 0.265 e. The molecule has 0 atom stereocenters. The highest BCUT2D eigenvalue weighted by atomic mass is 35.5. The number of carbonyl (C=O) groups excluding carboxylic acids is 2. The maximum Gasteiger partial charge on any atom is 0.265 e. The largest absolute Gasteiger partial charge is 0.482 e. The Bertz CT molecular complexity index is 886. The van der Waals surface area contributed by atoms with Gasteiger partial charge >= 0.3 is 0 Å². The van der Waals surface area contributed by atoms with E-state index < -0.39 is 0 Å². The maximum absolute atomic E-state index is 12.9. The second kappa shape index (κ2) is 8.84. The van der Waals surface area contributed by atoms with Gasteiger partial charge in [0.15, 0.2) is 6.61 Å². The van der Waals surface area contributed by atoms with E-state index in [1.54, 1.807) is 21.9 Å². The number of fused-ring (bicyclic) bond motifs is 1. The van der Waals surface area contributed by atoms with Crippen molar-refractivity contribution in [2.24, 2.45) is 0 Å². The third-order valence-corrected chi connectivity index (χ3v) is 5.38. The predicted molar refractivity (Wildman–Crippen MR) is 111 cm³/mol. The lowest BCUT2D eigenvalue weighted by molar-refractivity contribution is -0.133. The Hall–Kier alpha value is -2.24. The van der Waals surface area contributed by atoms with Crippen LogP contribution in [0.4, 0.5) is 5.69 Å². The number of nitrogens with zero attached hydrogens (tertiary/aromatic N) is 2. The molecule has 7 heteroatoms. The molecule has 5 nitrogen and oxygen atoms in total. The zero-order valence-corrected chi connectivity index (χ0v) is 17.3. The molecule has 0 spiro atoms. The first-order chi connectivity index (χ1) is 13.4. The number of para-hydroxylation sites is 2. The second-order valence-corrected chi connectivity index (χ2v) is 7.73. The molecule has 0 saturated heterocycles. The molecule has 0 fully saturated rings. The number of amides is 2. The van der Waals surface area contributed by atoms with E-state index in [0.29, 0.717) is 34.6 Å². The van der Waals surface area contributed by atoms with Crippen LogP contribution < -0.4 is 9.64 Å². The van der Waals surface area contributed by atoms with E-state index in [4.69, 9.17) is 27.9 Å². The normalized spacial score (nSPS) is 13.3. The molecule has 1 aliphatic rings. The SMILES string of the molecule is CC(C)N(Cc1ccc(Cl)c(Cl)c1)C(=O)CCN1C(=O)COc2ccccc21. The van der Waals surface area contributed by atoms with Crippen molar-refractivity contribution in [2.75, 3.05) is 18.1 Å². The average molecular weight is 421 g/mol. The van der Waals surface area contributed by atoms with Crippen molar-refractivity contribution >= 4 is 40.7 Å². The molecular formula is C21H22Cl2N2O3. The van der Waals surface area contributed by atoms with Gasteiger partial charge in [0.25, 0.3) is 5.91 Å². The van der Waals surface area contributed by atoms with Crippen LogP contribution >= 0.6 is 23.2 Å². The molecule has 0 aromatic heterocycles. The monoisotopic (exact) mass is 420 g/mol. The molecule has 2 aromatic carbocycles. The Labute approximate surface area is 174 Å². The average Bonchev–Trinajstić information content (AvgIpc) is 2.67. The Morgan fingerprint density at radius 3 is 2.64 bits per heavy atom. The summed E-state index contributed by atoms with van der Waals surface area (Å²) in [6.07, 6.45) is 0.222. The molecule has 1 heterocycles. The highest BCUT2D eigenvalue weighted by Gasteiger charge is 2.26. The van der Waals surface area contributed by atoms with Crippen LogP contribution in [0.15, 0.2) is 42.5 Å². The number of rotatable bonds is 6. The Morgan fingerprint density at radius 1 is 1.18 bits per heavy atom. The van der Waals surface area contributed by atoms with E-state index in [1.165, 1.54) is 0 Å². The standard InChI is InChI=1S/C21H22Cl2N2O3/c1-14(2)25(12-15-7-8-16(22)17(23)11-15)20(26)9-10-24-18-5-3-4-6-19(18)28-13-21(24)27/h3-8,11,14H,9-10,12-13H2,1-2H3. The molecule has 2 aromatic rings. The first kappa shape index (κ1) is 20.5. The number of hydrogen-bond donors (Lipinski definition) is 0. The van der Waals surface area contributed by atoms with Crippen LogP contribution in [0.3, 0.4) is 0 Å². The molecule has 0 saturated carbocycles. The lowest BCUT2D eigenvalue weighted by Gasteiger charge is -2.31. The van der Waals surface area contributed by atoms with Crippen molar-refractivity contribution in [1.29, 1.82) is 0 Å². The Morgan fingerprint density at radius 2 is 1.93 bits per heavy atom. The second-order valence-electron chi connectivity index (χ2n) is 6.92. The molecule has 0 radical (unpaired) electrons. The Kier molecular flexibility index (Phi) is 6.47. The minimum Gasteiger partial charge on any atom is -0.482 e. The lowest BCUT2D eigenvalue weighted by Crippen LogP contribution is -2.42. The number of benzene rings is 2. The van der Waals surface area contributed by atoms with E-state index in [1.807, 2.05) is 44.2 Å². The summed E-state index contributed by atoms with van der Waals surface area (Å²) in [7, 11) is 0. The Balaban J connectivity index is 1.69. The van der Waals surface area contributed by atoms with Crippen molar-refractivity contribution in [3.05, 3.63) is 58.1 Å². The fraction of sp³-hybridized carbons (Fsp3) is 0.333. The van der Waals surface area contributed by atoms with Gasteiger partial charge in [0.1, 0.15) is 5.75 Å². The van der Waals surface area contributed by atoms with Gasteiger partial charge in [0.2, 0.25) is 5.91 Å². The summed E-state index contributed by atoms with van der Waals surface area (Å²) in [5.41, 5.74) is 1.61. The third kappa shape index (κ3) is 4.59. The van der Waals surface area contributed by atoms with Gasteiger partial charge in [-0.05, 0) is 43.7 Å². The van der Waals surface area contributed by atoms with Crippen LogP contribution in [0.25, 0.3) is 0 Å². The van der Waals surface area contributed by atoms with Gasteiger partial charge in [-0.15, -0.1) is 0 Å². The van der Waals surface area contributed by atoms with Gasteiger partial charge in [0.05, 0.1) is 15.7 Å². The number of carbonyl (C=O) groups is 2. The molecule has 1 aliphatic heterocycles. The van der Waals surface area contributed by atoms with Gasteiger partial charge in [0, 0.05) is 25.6 Å². The summed E-state index contributed by atoms with van der Waals surface area (Å²) in [5, 5.41) is 0.947. The number of hydrogen-bond acceptors (Lipinski definition) is 3. The van der Waals surface area contributed by atoms with Crippen molar-refractivity contribution in [3.63, 3.8) is 0 Å². The van der Waals surface area contributed by atoms with Crippen LogP contribution in [-0.2, 0) is 16.1 Å². The number of halogens is 2. The summed E-state index contributed by atoms with van der Waals surface area (Å²) >= 11 is 12.1. The summed E-state index contributed by atoms with van der Waals surface area (Å²) in [6.45, 7) is 4.65. The molecule has 0 unspecified atom stereocenters. The summed E-state index contributed by atoms with van der Waals surface area (Å²) < 4.78 is 5.45. The first-order valence-corrected chi connectivity index (χ1v) is 9.88. The number of anilines is 1. The van der Waals surface area contributed by atoms with Crippen molar-refractivity contribution in [3.8, 4) is 5.75 Å².